The Kier molecular flexibility index (Phi) is 6.36. The molecular formula is C22H27N3O3S2. The van der Waals surface area contributed by atoms with Crippen LogP contribution in [0.25, 0.3) is 0 Å². The van der Waals surface area contributed by atoms with Gasteiger partial charge < -0.3 is 0 Å². The summed E-state index contributed by atoms with van der Waals surface area (Å²) in [6.45, 7) is 5.26. The quantitative estimate of drug-likeness (QED) is 0.630. The van der Waals surface area contributed by atoms with Gasteiger partial charge in [-0.15, -0.1) is 17.9 Å². The fourth-order valence-electron chi connectivity index (χ4n) is 4.01. The van der Waals surface area contributed by atoms with Crippen LogP contribution in [0.3, 0.4) is 0 Å². The normalized spacial score (nSPS) is 17.3. The molecule has 0 unspecified atom stereocenters. The van der Waals surface area contributed by atoms with E-state index in [9.17, 15) is 13.2 Å². The summed E-state index contributed by atoms with van der Waals surface area (Å²) in [6.07, 6.45) is 8.83. The molecule has 1 aliphatic carbocycles. The monoisotopic (exact) mass is 445 g/mol. The van der Waals surface area contributed by atoms with Crippen LogP contribution in [0.4, 0.5) is 5.13 Å². The molecule has 8 heteroatoms. The lowest BCUT2D eigenvalue weighted by molar-refractivity contribution is 0.0989. The van der Waals surface area contributed by atoms with Crippen molar-refractivity contribution in [3.63, 3.8) is 0 Å². The fraction of sp³-hybridized carbons (Fsp3) is 0.455. The Labute approximate surface area is 182 Å². The van der Waals surface area contributed by atoms with Crippen molar-refractivity contribution in [2.24, 2.45) is 0 Å². The van der Waals surface area contributed by atoms with Gasteiger partial charge in [-0.2, -0.15) is 4.31 Å². The van der Waals surface area contributed by atoms with Gasteiger partial charge in [0.05, 0.1) is 10.6 Å². The molecule has 0 atom stereocenters. The minimum absolute atomic E-state index is 0.192. The van der Waals surface area contributed by atoms with Gasteiger partial charge in [0, 0.05) is 30.1 Å². The average Bonchev–Trinajstić information content (AvgIpc) is 3.21. The summed E-state index contributed by atoms with van der Waals surface area (Å²) in [5.74, 6) is -0.192. The van der Waals surface area contributed by atoms with Crippen LogP contribution in [-0.2, 0) is 22.9 Å². The molecule has 30 heavy (non-hydrogen) atoms. The van der Waals surface area contributed by atoms with Crippen molar-refractivity contribution in [2.75, 3.05) is 24.5 Å². The summed E-state index contributed by atoms with van der Waals surface area (Å²) in [5.41, 5.74) is 1.55. The van der Waals surface area contributed by atoms with E-state index in [-0.39, 0.29) is 10.8 Å². The molecule has 0 spiro atoms. The zero-order valence-electron chi connectivity index (χ0n) is 17.0. The number of thiazole rings is 1. The largest absolute Gasteiger partial charge is 0.280 e. The van der Waals surface area contributed by atoms with Crippen molar-refractivity contribution in [2.45, 2.75) is 49.8 Å². The molecule has 160 valence electrons. The molecule has 6 nitrogen and oxygen atoms in total. The summed E-state index contributed by atoms with van der Waals surface area (Å²) in [4.78, 5) is 21.0. The molecule has 0 N–H and O–H groups in total. The molecule has 1 aromatic heterocycles. The second-order valence-electron chi connectivity index (χ2n) is 7.77. The highest BCUT2D eigenvalue weighted by Crippen LogP contribution is 2.32. The highest BCUT2D eigenvalue weighted by atomic mass is 32.2. The number of carbonyl (C=O) groups excluding carboxylic acids is 1. The molecule has 1 aliphatic heterocycles. The maximum absolute atomic E-state index is 13.2. The van der Waals surface area contributed by atoms with Crippen molar-refractivity contribution >= 4 is 32.4 Å². The first-order valence-electron chi connectivity index (χ1n) is 10.5. The topological polar surface area (TPSA) is 70.6 Å². The van der Waals surface area contributed by atoms with E-state index in [1.165, 1.54) is 21.3 Å². The van der Waals surface area contributed by atoms with Gasteiger partial charge in [0.15, 0.2) is 5.13 Å². The predicted molar refractivity (Wildman–Crippen MR) is 120 cm³/mol. The van der Waals surface area contributed by atoms with Crippen molar-refractivity contribution in [1.29, 1.82) is 0 Å². The number of nitrogens with zero attached hydrogens (tertiary/aromatic N) is 3. The van der Waals surface area contributed by atoms with Crippen LogP contribution in [0.2, 0.25) is 0 Å². The third-order valence-electron chi connectivity index (χ3n) is 5.68. The number of amides is 1. The first kappa shape index (κ1) is 21.2. The Hall–Kier alpha value is -2.03. The summed E-state index contributed by atoms with van der Waals surface area (Å²) in [7, 11) is -3.51. The second kappa shape index (κ2) is 8.99. The number of anilines is 1. The number of hydrogen-bond acceptors (Lipinski definition) is 5. The zero-order valence-corrected chi connectivity index (χ0v) is 18.7. The van der Waals surface area contributed by atoms with Gasteiger partial charge in [0.2, 0.25) is 10.0 Å². The van der Waals surface area contributed by atoms with Gasteiger partial charge in [0.1, 0.15) is 0 Å². The molecule has 1 fully saturated rings. The number of carbonyl (C=O) groups is 1. The van der Waals surface area contributed by atoms with Crippen LogP contribution in [0, 0.1) is 0 Å². The summed E-state index contributed by atoms with van der Waals surface area (Å²) in [5, 5.41) is 0.691. The number of hydrogen-bond donors (Lipinski definition) is 0. The highest BCUT2D eigenvalue weighted by molar-refractivity contribution is 7.89. The van der Waals surface area contributed by atoms with E-state index < -0.39 is 10.0 Å². The smallest absolute Gasteiger partial charge is 0.260 e. The first-order valence-corrected chi connectivity index (χ1v) is 12.8. The number of aromatic nitrogens is 1. The van der Waals surface area contributed by atoms with Crippen LogP contribution in [0.15, 0.2) is 41.8 Å². The molecule has 2 heterocycles. The van der Waals surface area contributed by atoms with Crippen LogP contribution >= 0.6 is 11.3 Å². The van der Waals surface area contributed by atoms with Gasteiger partial charge in [-0.05, 0) is 62.8 Å². The zero-order chi connectivity index (χ0) is 21.1. The standard InChI is InChI=1S/C22H27N3O3S2/c1-2-14-25(22-23-19-8-4-5-9-20(19)29-22)21(26)17-10-12-18(13-11-17)30(27,28)24-15-6-3-7-16-24/h2,10-13H,1,3-9,14-16H2. The minimum atomic E-state index is -3.51. The van der Waals surface area contributed by atoms with Gasteiger partial charge in [-0.25, -0.2) is 13.4 Å². The van der Waals surface area contributed by atoms with E-state index in [0.717, 1.165) is 50.6 Å². The SMILES string of the molecule is C=CCN(C(=O)c1ccc(S(=O)(=O)N2CCCCC2)cc1)c1nc2c(s1)CCCC2. The van der Waals surface area contributed by atoms with Gasteiger partial charge in [-0.1, -0.05) is 12.5 Å². The van der Waals surface area contributed by atoms with Crippen LogP contribution in [0.5, 0.6) is 0 Å². The maximum Gasteiger partial charge on any atom is 0.260 e. The minimum Gasteiger partial charge on any atom is -0.280 e. The Morgan fingerprint density at radius 1 is 1.10 bits per heavy atom. The highest BCUT2D eigenvalue weighted by Gasteiger charge is 2.27. The van der Waals surface area contributed by atoms with E-state index >= 15 is 0 Å². The molecular weight excluding hydrogens is 418 g/mol. The molecule has 0 radical (unpaired) electrons. The molecule has 1 amide bonds. The van der Waals surface area contributed by atoms with E-state index in [2.05, 4.69) is 6.58 Å². The van der Waals surface area contributed by atoms with E-state index in [0.29, 0.717) is 30.3 Å². The summed E-state index contributed by atoms with van der Waals surface area (Å²) >= 11 is 1.58. The summed E-state index contributed by atoms with van der Waals surface area (Å²) < 4.78 is 27.2. The number of sulfonamides is 1. The molecule has 0 bridgehead atoms. The molecule has 1 saturated heterocycles. The third kappa shape index (κ3) is 4.22. The van der Waals surface area contributed by atoms with Crippen LogP contribution < -0.4 is 4.90 Å². The van der Waals surface area contributed by atoms with Crippen molar-refractivity contribution in [3.8, 4) is 0 Å². The van der Waals surface area contributed by atoms with Gasteiger partial charge in [-0.3, -0.25) is 9.69 Å². The molecule has 4 rings (SSSR count). The van der Waals surface area contributed by atoms with Crippen molar-refractivity contribution in [3.05, 3.63) is 53.1 Å². The lowest BCUT2D eigenvalue weighted by atomic mass is 10.0. The van der Waals surface area contributed by atoms with Crippen molar-refractivity contribution in [1.82, 2.24) is 9.29 Å². The lowest BCUT2D eigenvalue weighted by Gasteiger charge is -2.26. The molecule has 0 saturated carbocycles. The summed E-state index contributed by atoms with van der Waals surface area (Å²) in [6, 6.07) is 6.28. The lowest BCUT2D eigenvalue weighted by Crippen LogP contribution is -2.35. The Balaban J connectivity index is 1.56. The first-order chi connectivity index (χ1) is 14.5. The Morgan fingerprint density at radius 3 is 2.47 bits per heavy atom. The number of benzene rings is 1. The van der Waals surface area contributed by atoms with E-state index in [4.69, 9.17) is 4.98 Å². The molecule has 2 aliphatic rings. The van der Waals surface area contributed by atoms with Gasteiger partial charge in [0.25, 0.3) is 5.91 Å². The van der Waals surface area contributed by atoms with E-state index in [1.54, 1.807) is 34.4 Å². The number of rotatable bonds is 6. The van der Waals surface area contributed by atoms with Crippen molar-refractivity contribution < 1.29 is 13.2 Å². The third-order valence-corrected chi connectivity index (χ3v) is 8.77. The predicted octanol–water partition coefficient (Wildman–Crippen LogP) is 4.03. The van der Waals surface area contributed by atoms with E-state index in [1.807, 2.05) is 0 Å². The number of fused-ring (bicyclic) bond motifs is 1. The molecule has 2 aromatic rings. The Bertz CT molecular complexity index is 999. The number of aryl methyl sites for hydroxylation is 2. The maximum atomic E-state index is 13.2. The second-order valence-corrected chi connectivity index (χ2v) is 10.8. The van der Waals surface area contributed by atoms with Crippen LogP contribution in [0.1, 0.15) is 53.0 Å². The fourth-order valence-corrected chi connectivity index (χ4v) is 6.68. The number of piperidine rings is 1. The average molecular weight is 446 g/mol. The van der Waals surface area contributed by atoms with Crippen LogP contribution in [-0.4, -0.2) is 43.2 Å². The van der Waals surface area contributed by atoms with Gasteiger partial charge >= 0.3 is 0 Å². The Morgan fingerprint density at radius 2 is 1.80 bits per heavy atom. The molecule has 1 aromatic carbocycles.